The fourth-order valence-electron chi connectivity index (χ4n) is 4.37. The van der Waals surface area contributed by atoms with Crippen molar-refractivity contribution in [3.63, 3.8) is 0 Å². The lowest BCUT2D eigenvalue weighted by Gasteiger charge is -2.39. The molecule has 1 amide bonds. The molecule has 1 aromatic rings. The molecule has 2 saturated carbocycles. The van der Waals surface area contributed by atoms with Crippen LogP contribution in [0.2, 0.25) is 0 Å². The van der Waals surface area contributed by atoms with Gasteiger partial charge in [0.15, 0.2) is 0 Å². The zero-order valence-corrected chi connectivity index (χ0v) is 13.4. The molecule has 0 saturated heterocycles. The lowest BCUT2D eigenvalue weighted by molar-refractivity contribution is -0.121. The summed E-state index contributed by atoms with van der Waals surface area (Å²) in [7, 11) is 1.64. The van der Waals surface area contributed by atoms with E-state index >= 15 is 0 Å². The number of hydrogen-bond acceptors (Lipinski definition) is 3. The van der Waals surface area contributed by atoms with Gasteiger partial charge in [-0.25, -0.2) is 0 Å². The Balaban J connectivity index is 1.70. The third-order valence-electron chi connectivity index (χ3n) is 6.35. The van der Waals surface area contributed by atoms with Crippen molar-refractivity contribution in [2.45, 2.75) is 52.6 Å². The maximum Gasteiger partial charge on any atom is 0.241 e. The molecule has 3 rings (SSSR count). The molecule has 0 radical (unpaired) electrons. The molecule has 21 heavy (non-hydrogen) atoms. The number of amides is 1. The number of nitrogens with zero attached hydrogens (tertiary/aromatic N) is 2. The number of fused-ring (bicyclic) bond motifs is 2. The van der Waals surface area contributed by atoms with E-state index in [-0.39, 0.29) is 12.5 Å². The van der Waals surface area contributed by atoms with E-state index in [1.54, 1.807) is 11.7 Å². The molecule has 3 atom stereocenters. The standard InChI is InChI=1S/C16H26N4O/c1-15(2)11-5-6-16(15,3)13(7-11)19-12-8-18-20(9-12)10-14(21)17-4/h8-9,11,13,19H,5-7,10H2,1-4H3,(H,17,21). The zero-order valence-electron chi connectivity index (χ0n) is 13.4. The summed E-state index contributed by atoms with van der Waals surface area (Å²) in [5, 5.41) is 10.5. The molecule has 116 valence electrons. The molecule has 0 aliphatic heterocycles. The van der Waals surface area contributed by atoms with E-state index in [1.807, 2.05) is 12.4 Å². The van der Waals surface area contributed by atoms with Crippen molar-refractivity contribution in [2.24, 2.45) is 16.7 Å². The Labute approximate surface area is 126 Å². The van der Waals surface area contributed by atoms with Gasteiger partial charge in [-0.2, -0.15) is 5.10 Å². The van der Waals surface area contributed by atoms with Crippen LogP contribution in [-0.4, -0.2) is 28.8 Å². The fourth-order valence-corrected chi connectivity index (χ4v) is 4.37. The number of likely N-dealkylation sites (N-methyl/N-ethyl adjacent to an activating group) is 1. The number of carbonyl (C=O) groups is 1. The lowest BCUT2D eigenvalue weighted by Crippen LogP contribution is -2.40. The highest BCUT2D eigenvalue weighted by Crippen LogP contribution is 2.65. The first-order valence-electron chi connectivity index (χ1n) is 7.86. The number of nitrogens with one attached hydrogen (secondary N) is 2. The van der Waals surface area contributed by atoms with Gasteiger partial charge < -0.3 is 10.6 Å². The average Bonchev–Trinajstić information content (AvgIpc) is 3.01. The molecule has 3 unspecified atom stereocenters. The quantitative estimate of drug-likeness (QED) is 0.894. The van der Waals surface area contributed by atoms with Crippen molar-refractivity contribution >= 4 is 11.6 Å². The highest BCUT2D eigenvalue weighted by Gasteiger charge is 2.61. The van der Waals surface area contributed by atoms with E-state index in [0.29, 0.717) is 16.9 Å². The van der Waals surface area contributed by atoms with Crippen molar-refractivity contribution in [1.29, 1.82) is 0 Å². The summed E-state index contributed by atoms with van der Waals surface area (Å²) in [6, 6.07) is 0.504. The predicted octanol–water partition coefficient (Wildman–Crippen LogP) is 2.26. The molecule has 2 bridgehead atoms. The van der Waals surface area contributed by atoms with Crippen molar-refractivity contribution in [1.82, 2.24) is 15.1 Å². The number of rotatable bonds is 4. The first kappa shape index (κ1) is 14.4. The first-order chi connectivity index (χ1) is 9.86. The fraction of sp³-hybridized carbons (Fsp3) is 0.750. The van der Waals surface area contributed by atoms with Gasteiger partial charge in [0.25, 0.3) is 0 Å². The van der Waals surface area contributed by atoms with E-state index < -0.39 is 0 Å². The molecular formula is C16H26N4O. The molecule has 5 heteroatoms. The second-order valence-electron chi connectivity index (χ2n) is 7.41. The number of carbonyl (C=O) groups excluding carboxylic acids is 1. The lowest BCUT2D eigenvalue weighted by atomic mass is 9.69. The second kappa shape index (κ2) is 4.75. The molecule has 0 spiro atoms. The predicted molar refractivity (Wildman–Crippen MR) is 82.9 cm³/mol. The van der Waals surface area contributed by atoms with Crippen LogP contribution >= 0.6 is 0 Å². The van der Waals surface area contributed by atoms with E-state index in [0.717, 1.165) is 11.6 Å². The summed E-state index contributed by atoms with van der Waals surface area (Å²) < 4.78 is 1.68. The van der Waals surface area contributed by atoms with E-state index in [2.05, 4.69) is 36.5 Å². The Morgan fingerprint density at radius 1 is 1.48 bits per heavy atom. The Morgan fingerprint density at radius 2 is 2.24 bits per heavy atom. The van der Waals surface area contributed by atoms with Crippen LogP contribution in [0.4, 0.5) is 5.69 Å². The van der Waals surface area contributed by atoms with Crippen LogP contribution in [0.5, 0.6) is 0 Å². The summed E-state index contributed by atoms with van der Waals surface area (Å²) >= 11 is 0. The molecule has 2 N–H and O–H groups in total. The van der Waals surface area contributed by atoms with Crippen molar-refractivity contribution in [3.8, 4) is 0 Å². The van der Waals surface area contributed by atoms with Gasteiger partial charge in [0.1, 0.15) is 6.54 Å². The van der Waals surface area contributed by atoms with E-state index in [9.17, 15) is 4.79 Å². The monoisotopic (exact) mass is 290 g/mol. The zero-order chi connectivity index (χ0) is 15.3. The van der Waals surface area contributed by atoms with Crippen molar-refractivity contribution in [3.05, 3.63) is 12.4 Å². The van der Waals surface area contributed by atoms with Gasteiger partial charge in [0.2, 0.25) is 5.91 Å². The Hall–Kier alpha value is -1.52. The third kappa shape index (κ3) is 2.14. The molecule has 1 heterocycles. The second-order valence-corrected chi connectivity index (χ2v) is 7.41. The Morgan fingerprint density at radius 3 is 2.81 bits per heavy atom. The Bertz CT molecular complexity index is 550. The first-order valence-corrected chi connectivity index (χ1v) is 7.86. The normalized spacial score (nSPS) is 33.1. The number of aromatic nitrogens is 2. The van der Waals surface area contributed by atoms with Crippen LogP contribution in [0.25, 0.3) is 0 Å². The molecule has 2 fully saturated rings. The van der Waals surface area contributed by atoms with Crippen LogP contribution in [0.1, 0.15) is 40.0 Å². The van der Waals surface area contributed by atoms with Gasteiger partial charge in [-0.1, -0.05) is 20.8 Å². The third-order valence-corrected chi connectivity index (χ3v) is 6.35. The summed E-state index contributed by atoms with van der Waals surface area (Å²) in [5.41, 5.74) is 1.78. The Kier molecular flexibility index (Phi) is 3.26. The van der Waals surface area contributed by atoms with Crippen LogP contribution in [0, 0.1) is 16.7 Å². The van der Waals surface area contributed by atoms with Crippen molar-refractivity contribution in [2.75, 3.05) is 12.4 Å². The summed E-state index contributed by atoms with van der Waals surface area (Å²) in [6.45, 7) is 7.53. The van der Waals surface area contributed by atoms with E-state index in [1.165, 1.54) is 19.3 Å². The minimum atomic E-state index is -0.0299. The molecule has 0 aromatic carbocycles. The number of hydrogen-bond donors (Lipinski definition) is 2. The molecule has 2 aliphatic rings. The molecular weight excluding hydrogens is 264 g/mol. The summed E-state index contributed by atoms with van der Waals surface area (Å²) in [6.07, 6.45) is 7.65. The van der Waals surface area contributed by atoms with Crippen LogP contribution in [0.15, 0.2) is 12.4 Å². The molecule has 1 aromatic heterocycles. The van der Waals surface area contributed by atoms with Crippen LogP contribution in [-0.2, 0) is 11.3 Å². The van der Waals surface area contributed by atoms with Crippen molar-refractivity contribution < 1.29 is 4.79 Å². The smallest absolute Gasteiger partial charge is 0.241 e. The van der Waals surface area contributed by atoms with Crippen LogP contribution in [0.3, 0.4) is 0 Å². The minimum Gasteiger partial charge on any atom is -0.379 e. The highest BCUT2D eigenvalue weighted by molar-refractivity contribution is 5.75. The van der Waals surface area contributed by atoms with Gasteiger partial charge in [-0.3, -0.25) is 9.48 Å². The maximum atomic E-state index is 11.4. The largest absolute Gasteiger partial charge is 0.379 e. The maximum absolute atomic E-state index is 11.4. The summed E-state index contributed by atoms with van der Waals surface area (Å²) in [4.78, 5) is 11.4. The average molecular weight is 290 g/mol. The van der Waals surface area contributed by atoms with Crippen LogP contribution < -0.4 is 10.6 Å². The SMILES string of the molecule is CNC(=O)Cn1cc(NC2CC3CCC2(C)C3(C)C)cn1. The topological polar surface area (TPSA) is 59.0 Å². The van der Waals surface area contributed by atoms with Gasteiger partial charge in [0, 0.05) is 19.3 Å². The van der Waals surface area contributed by atoms with Gasteiger partial charge >= 0.3 is 0 Å². The van der Waals surface area contributed by atoms with Gasteiger partial charge in [0.05, 0.1) is 11.9 Å². The van der Waals surface area contributed by atoms with Gasteiger partial charge in [-0.05, 0) is 36.0 Å². The van der Waals surface area contributed by atoms with Gasteiger partial charge in [-0.15, -0.1) is 0 Å². The minimum absolute atomic E-state index is 0.0299. The highest BCUT2D eigenvalue weighted by atomic mass is 16.1. The summed E-state index contributed by atoms with van der Waals surface area (Å²) in [5.74, 6) is 0.790. The molecule has 5 nitrogen and oxygen atoms in total. The number of anilines is 1. The van der Waals surface area contributed by atoms with E-state index in [4.69, 9.17) is 0 Å². The molecule has 2 aliphatic carbocycles.